The predicted octanol–water partition coefficient (Wildman–Crippen LogP) is 4.42. The van der Waals surface area contributed by atoms with Gasteiger partial charge in [-0.15, -0.1) is 0 Å². The molecule has 0 bridgehead atoms. The first-order valence-electron chi connectivity index (χ1n) is 11.7. The second-order valence-corrected chi connectivity index (χ2v) is 9.78. The van der Waals surface area contributed by atoms with Crippen LogP contribution in [0.2, 0.25) is 0 Å². The third-order valence-corrected chi connectivity index (χ3v) is 6.52. The molecule has 0 unspecified atom stereocenters. The van der Waals surface area contributed by atoms with Crippen LogP contribution in [0.25, 0.3) is 6.08 Å². The Morgan fingerprint density at radius 1 is 1.10 bits per heavy atom. The van der Waals surface area contributed by atoms with Crippen LogP contribution in [0.1, 0.15) is 27.0 Å². The van der Waals surface area contributed by atoms with E-state index in [0.717, 1.165) is 10.5 Å². The van der Waals surface area contributed by atoms with Crippen molar-refractivity contribution in [3.63, 3.8) is 0 Å². The predicted molar refractivity (Wildman–Crippen MR) is 151 cm³/mol. The zero-order valence-electron chi connectivity index (χ0n) is 21.0. The van der Waals surface area contributed by atoms with Gasteiger partial charge in [-0.25, -0.2) is 14.5 Å². The highest BCUT2D eigenvalue weighted by atomic mass is 127. The minimum Gasteiger partial charge on any atom is -0.493 e. The summed E-state index contributed by atoms with van der Waals surface area (Å²) in [7, 11) is 1.47. The lowest BCUT2D eigenvalue weighted by atomic mass is 10.1. The number of hydrogen-bond acceptors (Lipinski definition) is 6. The topological polar surface area (TPSA) is 134 Å². The number of halogens is 1. The van der Waals surface area contributed by atoms with Crippen molar-refractivity contribution >= 4 is 58.2 Å². The van der Waals surface area contributed by atoms with Gasteiger partial charge >= 0.3 is 12.0 Å². The maximum atomic E-state index is 12.9. The number of nitrogens with zero attached hydrogens (tertiary/aromatic N) is 1. The van der Waals surface area contributed by atoms with Crippen LogP contribution >= 0.6 is 22.6 Å². The van der Waals surface area contributed by atoms with Gasteiger partial charge in [0.15, 0.2) is 11.5 Å². The number of anilines is 1. The van der Waals surface area contributed by atoms with Crippen molar-refractivity contribution < 1.29 is 33.8 Å². The van der Waals surface area contributed by atoms with Crippen LogP contribution in [-0.2, 0) is 16.2 Å². The number of carbonyl (C=O) groups is 4. The van der Waals surface area contributed by atoms with Gasteiger partial charge in [-0.3, -0.25) is 9.59 Å². The van der Waals surface area contributed by atoms with Crippen molar-refractivity contribution in [1.29, 1.82) is 0 Å². The molecule has 200 valence electrons. The number of carboxylic acid groups (broad SMARTS) is 1. The van der Waals surface area contributed by atoms with Crippen molar-refractivity contribution in [3.05, 3.63) is 92.2 Å². The fourth-order valence-corrected chi connectivity index (χ4v) is 4.56. The Morgan fingerprint density at radius 2 is 1.85 bits per heavy atom. The van der Waals surface area contributed by atoms with Crippen LogP contribution in [0.4, 0.5) is 10.5 Å². The lowest BCUT2D eigenvalue weighted by Crippen LogP contribution is -2.38. The summed E-state index contributed by atoms with van der Waals surface area (Å²) < 4.78 is 12.1. The largest absolute Gasteiger partial charge is 0.493 e. The smallest absolute Gasteiger partial charge is 0.335 e. The molecule has 4 rings (SSSR count). The van der Waals surface area contributed by atoms with E-state index in [-0.39, 0.29) is 17.9 Å². The number of aryl methyl sites for hydroxylation is 1. The minimum atomic E-state index is -1.03. The lowest BCUT2D eigenvalue weighted by Gasteiger charge is -2.14. The average molecular weight is 641 g/mol. The molecule has 0 spiro atoms. The Hall–Kier alpha value is -4.39. The zero-order valence-corrected chi connectivity index (χ0v) is 23.1. The molecule has 0 aromatic heterocycles. The summed E-state index contributed by atoms with van der Waals surface area (Å²) in [6.07, 6.45) is 1.49. The fraction of sp³-hybridized carbons (Fsp3) is 0.143. The Labute approximate surface area is 237 Å². The second-order valence-electron chi connectivity index (χ2n) is 8.62. The van der Waals surface area contributed by atoms with E-state index in [1.54, 1.807) is 36.4 Å². The quantitative estimate of drug-likeness (QED) is 0.179. The van der Waals surface area contributed by atoms with Crippen molar-refractivity contribution in [2.45, 2.75) is 13.5 Å². The SMILES string of the molecule is COc1cc(/C=C2/NC(=O)N(CC(=O)Nc3ccc(C)cc3)C2=O)cc(I)c1OCc1cccc(C(=O)O)c1. The van der Waals surface area contributed by atoms with Crippen LogP contribution < -0.4 is 20.1 Å². The molecule has 0 atom stereocenters. The van der Waals surface area contributed by atoms with Crippen LogP contribution in [0, 0.1) is 10.5 Å². The van der Waals surface area contributed by atoms with Crippen LogP contribution in [0.5, 0.6) is 11.5 Å². The van der Waals surface area contributed by atoms with Gasteiger partial charge < -0.3 is 25.2 Å². The van der Waals surface area contributed by atoms with E-state index >= 15 is 0 Å². The second kappa shape index (κ2) is 12.0. The third-order valence-electron chi connectivity index (χ3n) is 5.72. The molecule has 10 nitrogen and oxygen atoms in total. The van der Waals surface area contributed by atoms with Gasteiger partial charge in [-0.2, -0.15) is 0 Å². The molecule has 3 aromatic carbocycles. The first-order valence-corrected chi connectivity index (χ1v) is 12.8. The van der Waals surface area contributed by atoms with E-state index in [0.29, 0.717) is 31.9 Å². The number of nitrogens with one attached hydrogen (secondary N) is 2. The van der Waals surface area contributed by atoms with Gasteiger partial charge in [0.05, 0.1) is 16.2 Å². The van der Waals surface area contributed by atoms with E-state index in [1.165, 1.54) is 25.3 Å². The molecule has 3 aromatic rings. The van der Waals surface area contributed by atoms with Gasteiger partial charge in [0, 0.05) is 5.69 Å². The first kappa shape index (κ1) is 27.6. The molecular weight excluding hydrogens is 617 g/mol. The lowest BCUT2D eigenvalue weighted by molar-refractivity contribution is -0.127. The number of imide groups is 1. The highest BCUT2D eigenvalue weighted by molar-refractivity contribution is 14.1. The molecule has 3 N–H and O–H groups in total. The normalized spacial score (nSPS) is 13.8. The number of amides is 4. The molecule has 1 aliphatic heterocycles. The van der Waals surface area contributed by atoms with Crippen molar-refractivity contribution in [2.75, 3.05) is 19.0 Å². The van der Waals surface area contributed by atoms with Gasteiger partial charge in [0.2, 0.25) is 5.91 Å². The standard InChI is InChI=1S/C28H24IN3O7/c1-16-6-8-20(9-7-16)30-24(33)14-32-26(34)22(31-28(32)37)12-18-11-21(29)25(23(13-18)38-2)39-15-17-4-3-5-19(10-17)27(35)36/h3-13H,14-15H2,1-2H3,(H,30,33)(H,31,37)(H,35,36)/b22-12+. The van der Waals surface area contributed by atoms with E-state index in [4.69, 9.17) is 9.47 Å². The molecule has 0 aliphatic carbocycles. The summed E-state index contributed by atoms with van der Waals surface area (Å²) in [5.74, 6) is -1.34. The average Bonchev–Trinajstić information content (AvgIpc) is 3.16. The maximum absolute atomic E-state index is 12.9. The molecule has 1 saturated heterocycles. The molecule has 39 heavy (non-hydrogen) atoms. The van der Waals surface area contributed by atoms with Crippen molar-refractivity contribution in [1.82, 2.24) is 10.2 Å². The Kier molecular flexibility index (Phi) is 8.49. The number of methoxy groups -OCH3 is 1. The molecule has 0 radical (unpaired) electrons. The Balaban J connectivity index is 1.46. The van der Waals surface area contributed by atoms with Crippen molar-refractivity contribution in [2.24, 2.45) is 0 Å². The molecule has 4 amide bonds. The van der Waals surface area contributed by atoms with Crippen LogP contribution in [0.15, 0.2) is 66.4 Å². The van der Waals surface area contributed by atoms with Crippen LogP contribution in [-0.4, -0.2) is 47.5 Å². The summed E-state index contributed by atoms with van der Waals surface area (Å²) in [5.41, 5.74) is 3.00. The molecule has 1 heterocycles. The van der Waals surface area contributed by atoms with Crippen molar-refractivity contribution in [3.8, 4) is 11.5 Å². The number of ether oxygens (including phenoxy) is 2. The Bertz CT molecular complexity index is 1480. The summed E-state index contributed by atoms with van der Waals surface area (Å²) in [6.45, 7) is 1.60. The van der Waals surface area contributed by atoms with E-state index in [1.807, 2.05) is 19.1 Å². The van der Waals surface area contributed by atoms with E-state index in [9.17, 15) is 24.3 Å². The highest BCUT2D eigenvalue weighted by Crippen LogP contribution is 2.35. The Morgan fingerprint density at radius 3 is 2.54 bits per heavy atom. The number of urea groups is 1. The minimum absolute atomic E-state index is 0.0140. The first-order chi connectivity index (χ1) is 18.6. The highest BCUT2D eigenvalue weighted by Gasteiger charge is 2.35. The third kappa shape index (κ3) is 6.74. The summed E-state index contributed by atoms with van der Waals surface area (Å²) in [5, 5.41) is 14.4. The molecule has 11 heteroatoms. The molecule has 0 saturated carbocycles. The number of aromatic carboxylic acids is 1. The summed E-state index contributed by atoms with van der Waals surface area (Å²) in [4.78, 5) is 49.8. The van der Waals surface area contributed by atoms with E-state index < -0.39 is 30.4 Å². The van der Waals surface area contributed by atoms with Crippen LogP contribution in [0.3, 0.4) is 0 Å². The van der Waals surface area contributed by atoms with Gasteiger partial charge in [0.25, 0.3) is 5.91 Å². The van der Waals surface area contributed by atoms with Gasteiger partial charge in [0.1, 0.15) is 18.8 Å². The number of carbonyl (C=O) groups excluding carboxylic acids is 3. The molecular formula is C28H24IN3O7. The number of carboxylic acids is 1. The number of benzene rings is 3. The van der Waals surface area contributed by atoms with E-state index in [2.05, 4.69) is 33.2 Å². The summed E-state index contributed by atoms with van der Waals surface area (Å²) >= 11 is 2.06. The fourth-order valence-electron chi connectivity index (χ4n) is 3.78. The number of hydrogen-bond donors (Lipinski definition) is 3. The summed E-state index contributed by atoms with van der Waals surface area (Å²) in [6, 6.07) is 16.3. The maximum Gasteiger partial charge on any atom is 0.335 e. The monoisotopic (exact) mass is 641 g/mol. The molecule has 1 fully saturated rings. The number of rotatable bonds is 9. The van der Waals surface area contributed by atoms with Gasteiger partial charge in [-0.1, -0.05) is 29.8 Å². The van der Waals surface area contributed by atoms with Gasteiger partial charge in [-0.05, 0) is 83.1 Å². The zero-order chi connectivity index (χ0) is 28.1. The molecule has 1 aliphatic rings.